The number of benzene rings is 8. The van der Waals surface area contributed by atoms with Crippen molar-refractivity contribution in [3.63, 3.8) is 0 Å². The van der Waals surface area contributed by atoms with E-state index in [9.17, 15) is 0 Å². The zero-order valence-corrected chi connectivity index (χ0v) is 32.7. The lowest BCUT2D eigenvalue weighted by atomic mass is 9.92. The molecule has 0 saturated heterocycles. The van der Waals surface area contributed by atoms with Gasteiger partial charge in [-0.05, 0) is 53.6 Å². The number of nitrogens with zero attached hydrogens (tertiary/aromatic N) is 3. The molecule has 0 saturated carbocycles. The first-order valence-corrected chi connectivity index (χ1v) is 21.1. The number of fused-ring (bicyclic) bond motifs is 10. The van der Waals surface area contributed by atoms with E-state index < -0.39 is 0 Å². The van der Waals surface area contributed by atoms with Gasteiger partial charge in [0.1, 0.15) is 0 Å². The van der Waals surface area contributed by atoms with Crippen molar-refractivity contribution in [3.8, 4) is 56.3 Å². The van der Waals surface area contributed by atoms with Gasteiger partial charge >= 0.3 is 0 Å². The van der Waals surface area contributed by atoms with Crippen LogP contribution in [0.2, 0.25) is 0 Å². The Morgan fingerprint density at radius 3 is 1.71 bits per heavy atom. The number of para-hydroxylation sites is 1. The van der Waals surface area contributed by atoms with Crippen molar-refractivity contribution >= 4 is 84.7 Å². The fourth-order valence-electron chi connectivity index (χ4n) is 8.53. The molecule has 0 aliphatic carbocycles. The summed E-state index contributed by atoms with van der Waals surface area (Å²) in [6.45, 7) is 0. The molecule has 3 nitrogen and oxygen atoms in total. The molecule has 12 rings (SSSR count). The molecule has 0 unspecified atom stereocenters. The second-order valence-corrected chi connectivity index (χ2v) is 16.8. The quantitative estimate of drug-likeness (QED) is 0.164. The normalized spacial score (nSPS) is 11.8. The van der Waals surface area contributed by atoms with E-state index in [0.29, 0.717) is 5.82 Å². The number of hydrogen-bond donors (Lipinski definition) is 0. The Labute approximate surface area is 342 Å². The highest BCUT2D eigenvalue weighted by molar-refractivity contribution is 7.26. The van der Waals surface area contributed by atoms with Crippen molar-refractivity contribution in [2.45, 2.75) is 0 Å². The third kappa shape index (κ3) is 5.36. The molecule has 0 N–H and O–H groups in total. The van der Waals surface area contributed by atoms with E-state index in [1.807, 2.05) is 28.7 Å². The van der Waals surface area contributed by atoms with Crippen LogP contribution in [-0.2, 0) is 0 Å². The third-order valence-electron chi connectivity index (χ3n) is 11.3. The summed E-state index contributed by atoms with van der Waals surface area (Å²) in [5.41, 5.74) is 10.3. The SMILES string of the molecule is c1ccc(-c2ccc(-c3cc(-c4cc5c(-c6ccc7sc8ccccc8c7c6)nc6ccccc6c5c5c4sc4ccccc45)nc(-c4ccccc4)n3)cc2)cc1. The summed E-state index contributed by atoms with van der Waals surface area (Å²) >= 11 is 3.68. The summed E-state index contributed by atoms with van der Waals surface area (Å²) in [6.07, 6.45) is 0. The molecule has 0 fully saturated rings. The van der Waals surface area contributed by atoms with E-state index in [2.05, 4.69) is 182 Å². The van der Waals surface area contributed by atoms with Crippen molar-refractivity contribution < 1.29 is 0 Å². The smallest absolute Gasteiger partial charge is 0.160 e. The molecule has 0 aliphatic rings. The molecule has 0 amide bonds. The van der Waals surface area contributed by atoms with Crippen molar-refractivity contribution in [1.82, 2.24) is 15.0 Å². The van der Waals surface area contributed by atoms with Crippen LogP contribution in [0.15, 0.2) is 188 Å². The molecule has 0 aliphatic heterocycles. The van der Waals surface area contributed by atoms with E-state index >= 15 is 0 Å². The minimum Gasteiger partial charge on any atom is -0.247 e. The standard InChI is InChI=1S/C53H31N3S2/c1-3-13-32(14-4-1)33-23-25-34(26-24-33)44-31-45(56-53(55-44)35-15-5-2-6-16-35)41-30-42-49(50-39-19-9-12-22-47(39)58-52(41)50)38-18-7-10-20-43(38)54-51(42)36-27-28-48-40(29-36)37-17-8-11-21-46(37)57-48/h1-31H. The average Bonchev–Trinajstić information content (AvgIpc) is 3.88. The van der Waals surface area contributed by atoms with Gasteiger partial charge < -0.3 is 0 Å². The number of hydrogen-bond acceptors (Lipinski definition) is 5. The highest BCUT2D eigenvalue weighted by Crippen LogP contribution is 2.48. The van der Waals surface area contributed by atoms with Gasteiger partial charge in [0.2, 0.25) is 0 Å². The van der Waals surface area contributed by atoms with Gasteiger partial charge in [-0.15, -0.1) is 22.7 Å². The molecule has 0 atom stereocenters. The molecule has 0 spiro atoms. The van der Waals surface area contributed by atoms with Crippen LogP contribution in [0.5, 0.6) is 0 Å². The number of thiophene rings is 2. The number of rotatable bonds is 5. The van der Waals surface area contributed by atoms with Crippen LogP contribution in [0.1, 0.15) is 0 Å². The highest BCUT2D eigenvalue weighted by Gasteiger charge is 2.22. The number of pyridine rings is 1. The Hall–Kier alpha value is -7.05. The first-order valence-electron chi connectivity index (χ1n) is 19.4. The molecular formula is C53H31N3S2. The second-order valence-electron chi connectivity index (χ2n) is 14.7. The molecule has 4 heterocycles. The van der Waals surface area contributed by atoms with Gasteiger partial charge in [0, 0.05) is 78.8 Å². The maximum Gasteiger partial charge on any atom is 0.160 e. The first kappa shape index (κ1) is 33.1. The summed E-state index contributed by atoms with van der Waals surface area (Å²) in [6, 6.07) is 67.1. The molecule has 0 bridgehead atoms. The van der Waals surface area contributed by atoms with E-state index in [-0.39, 0.29) is 0 Å². The summed E-state index contributed by atoms with van der Waals surface area (Å²) < 4.78 is 5.02. The Bertz CT molecular complexity index is 3550. The minimum atomic E-state index is 0.696. The maximum absolute atomic E-state index is 5.49. The van der Waals surface area contributed by atoms with E-state index in [1.54, 1.807) is 0 Å². The van der Waals surface area contributed by atoms with Gasteiger partial charge in [0.05, 0.1) is 22.6 Å². The minimum absolute atomic E-state index is 0.696. The molecule has 58 heavy (non-hydrogen) atoms. The first-order chi connectivity index (χ1) is 28.7. The zero-order valence-electron chi connectivity index (χ0n) is 31.1. The molecule has 8 aromatic carbocycles. The predicted molar refractivity (Wildman–Crippen MR) is 248 cm³/mol. The second kappa shape index (κ2) is 13.3. The van der Waals surface area contributed by atoms with Crippen molar-refractivity contribution in [2.24, 2.45) is 0 Å². The van der Waals surface area contributed by atoms with Gasteiger partial charge in [-0.2, -0.15) is 0 Å². The Balaban J connectivity index is 1.17. The summed E-state index contributed by atoms with van der Waals surface area (Å²) in [4.78, 5) is 16.1. The number of aromatic nitrogens is 3. The van der Waals surface area contributed by atoms with Crippen LogP contribution in [-0.4, -0.2) is 15.0 Å². The topological polar surface area (TPSA) is 38.7 Å². The van der Waals surface area contributed by atoms with Crippen LogP contribution in [0.25, 0.3) is 118 Å². The fourth-order valence-corrected chi connectivity index (χ4v) is 10.8. The van der Waals surface area contributed by atoms with Crippen molar-refractivity contribution in [2.75, 3.05) is 0 Å². The molecule has 5 heteroatoms. The van der Waals surface area contributed by atoms with Gasteiger partial charge in [-0.25, -0.2) is 15.0 Å². The van der Waals surface area contributed by atoms with Crippen LogP contribution >= 0.6 is 22.7 Å². The lowest BCUT2D eigenvalue weighted by Crippen LogP contribution is -1.97. The van der Waals surface area contributed by atoms with Crippen LogP contribution in [0, 0.1) is 0 Å². The molecule has 12 aromatic rings. The van der Waals surface area contributed by atoms with Crippen molar-refractivity contribution in [3.05, 3.63) is 188 Å². The largest absolute Gasteiger partial charge is 0.247 e. The average molecular weight is 774 g/mol. The van der Waals surface area contributed by atoms with Crippen LogP contribution < -0.4 is 0 Å². The summed E-state index contributed by atoms with van der Waals surface area (Å²) in [5, 5.41) is 8.50. The van der Waals surface area contributed by atoms with Gasteiger partial charge in [-0.3, -0.25) is 0 Å². The highest BCUT2D eigenvalue weighted by atomic mass is 32.1. The van der Waals surface area contributed by atoms with Crippen molar-refractivity contribution in [1.29, 1.82) is 0 Å². The molecule has 4 aromatic heterocycles. The molecule has 270 valence electrons. The zero-order chi connectivity index (χ0) is 38.2. The van der Waals surface area contributed by atoms with Crippen LogP contribution in [0.3, 0.4) is 0 Å². The Morgan fingerprint density at radius 2 is 0.914 bits per heavy atom. The van der Waals surface area contributed by atoms with Gasteiger partial charge in [0.25, 0.3) is 0 Å². The summed E-state index contributed by atoms with van der Waals surface area (Å²) in [5.74, 6) is 0.696. The summed E-state index contributed by atoms with van der Waals surface area (Å²) in [7, 11) is 0. The fraction of sp³-hybridized carbons (Fsp3) is 0. The maximum atomic E-state index is 5.49. The lowest BCUT2D eigenvalue weighted by Gasteiger charge is -2.15. The van der Waals surface area contributed by atoms with Gasteiger partial charge in [-0.1, -0.05) is 146 Å². The predicted octanol–water partition coefficient (Wildman–Crippen LogP) is 15.2. The van der Waals surface area contributed by atoms with Crippen LogP contribution in [0.4, 0.5) is 0 Å². The van der Waals surface area contributed by atoms with Gasteiger partial charge in [0.15, 0.2) is 5.82 Å². The molecule has 0 radical (unpaired) electrons. The van der Waals surface area contributed by atoms with E-state index in [1.165, 1.54) is 56.9 Å². The lowest BCUT2D eigenvalue weighted by molar-refractivity contribution is 1.19. The Kier molecular flexibility index (Phi) is 7.58. The molecular weight excluding hydrogens is 743 g/mol. The third-order valence-corrected chi connectivity index (χ3v) is 13.6. The Morgan fingerprint density at radius 1 is 0.328 bits per heavy atom. The van der Waals surface area contributed by atoms with E-state index in [4.69, 9.17) is 15.0 Å². The monoisotopic (exact) mass is 773 g/mol. The van der Waals surface area contributed by atoms with E-state index in [0.717, 1.165) is 55.6 Å².